The molecule has 0 atom stereocenters. The molecule has 0 saturated carbocycles. The van der Waals surface area contributed by atoms with E-state index in [1.54, 1.807) is 18.3 Å². The first-order chi connectivity index (χ1) is 10.0. The van der Waals surface area contributed by atoms with Crippen molar-refractivity contribution in [3.05, 3.63) is 46.8 Å². The number of nitriles is 1. The first kappa shape index (κ1) is 14.5. The number of nitrogens with zero attached hydrogens (tertiary/aromatic N) is 3. The molecule has 0 aromatic carbocycles. The van der Waals surface area contributed by atoms with Gasteiger partial charge in [-0.1, -0.05) is 0 Å². The monoisotopic (exact) mass is 282 g/mol. The molecule has 2 aromatic rings. The molecule has 0 aliphatic rings. The number of allylic oxidation sites excluding steroid dienone is 1. The van der Waals surface area contributed by atoms with Gasteiger partial charge in [-0.15, -0.1) is 0 Å². The van der Waals surface area contributed by atoms with Crippen LogP contribution in [0.15, 0.2) is 18.3 Å². The van der Waals surface area contributed by atoms with Crippen LogP contribution in [0.4, 0.5) is 0 Å². The fourth-order valence-corrected chi connectivity index (χ4v) is 1.88. The van der Waals surface area contributed by atoms with Crippen molar-refractivity contribution in [2.75, 3.05) is 7.11 Å². The maximum absolute atomic E-state index is 11.4. The van der Waals surface area contributed by atoms with E-state index in [0.717, 1.165) is 11.4 Å². The number of hydrogen-bond acceptors (Lipinski definition) is 5. The Morgan fingerprint density at radius 1 is 1.33 bits per heavy atom. The summed E-state index contributed by atoms with van der Waals surface area (Å²) in [5.74, 6) is -0.0911. The fraction of sp³-hybridized carbons (Fsp3) is 0.200. The van der Waals surface area contributed by atoms with Crippen LogP contribution in [0.25, 0.3) is 11.6 Å². The molecule has 6 heteroatoms. The minimum absolute atomic E-state index is 0.322. The Kier molecular flexibility index (Phi) is 4.14. The summed E-state index contributed by atoms with van der Waals surface area (Å²) >= 11 is 0. The second-order valence-corrected chi connectivity index (χ2v) is 4.48. The Labute approximate surface area is 122 Å². The predicted molar refractivity (Wildman–Crippen MR) is 77.1 cm³/mol. The van der Waals surface area contributed by atoms with Gasteiger partial charge < -0.3 is 9.72 Å². The maximum Gasteiger partial charge on any atom is 0.354 e. The molecule has 6 nitrogen and oxygen atoms in total. The Balaban J connectivity index is 2.39. The summed E-state index contributed by atoms with van der Waals surface area (Å²) in [7, 11) is 1.31. The van der Waals surface area contributed by atoms with E-state index in [9.17, 15) is 10.1 Å². The van der Waals surface area contributed by atoms with E-state index in [4.69, 9.17) is 0 Å². The topological polar surface area (TPSA) is 91.7 Å². The Bertz CT molecular complexity index is 733. The third-order valence-corrected chi connectivity index (χ3v) is 2.77. The first-order valence-electron chi connectivity index (χ1n) is 6.24. The van der Waals surface area contributed by atoms with Crippen LogP contribution in [0.2, 0.25) is 0 Å². The predicted octanol–water partition coefficient (Wildman–Crippen LogP) is 2.27. The average Bonchev–Trinajstić information content (AvgIpc) is 2.91. The largest absolute Gasteiger partial charge is 0.464 e. The number of aromatic nitrogens is 3. The highest BCUT2D eigenvalue weighted by Crippen LogP contribution is 2.16. The second kappa shape index (κ2) is 6.01. The van der Waals surface area contributed by atoms with Gasteiger partial charge in [-0.3, -0.25) is 0 Å². The number of ether oxygens (including phenoxy) is 1. The molecular formula is C15H14N4O2. The van der Waals surface area contributed by atoms with Crippen molar-refractivity contribution in [1.82, 2.24) is 15.0 Å². The van der Waals surface area contributed by atoms with Crippen molar-refractivity contribution < 1.29 is 9.53 Å². The lowest BCUT2D eigenvalue weighted by atomic mass is 10.1. The summed E-state index contributed by atoms with van der Waals surface area (Å²) in [5.41, 5.74) is 2.92. The van der Waals surface area contributed by atoms with Gasteiger partial charge in [0.2, 0.25) is 0 Å². The van der Waals surface area contributed by atoms with E-state index >= 15 is 0 Å². The number of methoxy groups -OCH3 is 1. The van der Waals surface area contributed by atoms with Crippen molar-refractivity contribution in [2.45, 2.75) is 13.8 Å². The number of nitrogens with one attached hydrogen (secondary N) is 1. The molecule has 0 fully saturated rings. The lowest BCUT2D eigenvalue weighted by Crippen LogP contribution is -2.00. The van der Waals surface area contributed by atoms with Crippen molar-refractivity contribution in [3.8, 4) is 6.07 Å². The van der Waals surface area contributed by atoms with Gasteiger partial charge in [-0.05, 0) is 37.6 Å². The van der Waals surface area contributed by atoms with Crippen LogP contribution in [0.5, 0.6) is 0 Å². The third-order valence-electron chi connectivity index (χ3n) is 2.77. The maximum atomic E-state index is 11.4. The molecule has 0 radical (unpaired) electrons. The molecule has 0 aliphatic heterocycles. The van der Waals surface area contributed by atoms with Gasteiger partial charge in [-0.25, -0.2) is 14.8 Å². The van der Waals surface area contributed by atoms with Gasteiger partial charge in [0, 0.05) is 17.6 Å². The third kappa shape index (κ3) is 3.34. The normalized spacial score (nSPS) is 11.0. The SMILES string of the molecule is COC(=O)c1cc(C=C(C#N)c2nc(C)cc(C)n2)c[nH]1. The molecule has 106 valence electrons. The van der Waals surface area contributed by atoms with Crippen LogP contribution in [-0.2, 0) is 4.74 Å². The van der Waals surface area contributed by atoms with Gasteiger partial charge in [0.25, 0.3) is 0 Å². The lowest BCUT2D eigenvalue weighted by Gasteiger charge is -2.01. The molecule has 2 aromatic heterocycles. The standard InChI is InChI=1S/C15H14N4O2/c1-9-4-10(2)19-14(18-9)12(7-16)5-11-6-13(17-8-11)15(20)21-3/h4-6,8,17H,1-3H3. The Hall–Kier alpha value is -2.94. The highest BCUT2D eigenvalue weighted by Gasteiger charge is 2.10. The van der Waals surface area contributed by atoms with Gasteiger partial charge in [0.15, 0.2) is 5.82 Å². The van der Waals surface area contributed by atoms with E-state index < -0.39 is 5.97 Å². The van der Waals surface area contributed by atoms with E-state index in [1.165, 1.54) is 7.11 Å². The molecular weight excluding hydrogens is 268 g/mol. The van der Waals surface area contributed by atoms with E-state index in [-0.39, 0.29) is 0 Å². The average molecular weight is 282 g/mol. The number of esters is 1. The summed E-state index contributed by atoms with van der Waals surface area (Å²) in [6.45, 7) is 3.69. The zero-order chi connectivity index (χ0) is 15.4. The summed E-state index contributed by atoms with van der Waals surface area (Å²) in [6.07, 6.45) is 3.24. The lowest BCUT2D eigenvalue weighted by molar-refractivity contribution is 0.0595. The van der Waals surface area contributed by atoms with Crippen molar-refractivity contribution >= 4 is 17.6 Å². The summed E-state index contributed by atoms with van der Waals surface area (Å²) in [6, 6.07) is 5.52. The van der Waals surface area contributed by atoms with Crippen molar-refractivity contribution in [1.29, 1.82) is 5.26 Å². The minimum Gasteiger partial charge on any atom is -0.464 e. The molecule has 0 amide bonds. The number of carbonyl (C=O) groups excluding carboxylic acids is 1. The van der Waals surface area contributed by atoms with Gasteiger partial charge >= 0.3 is 5.97 Å². The molecule has 2 rings (SSSR count). The van der Waals surface area contributed by atoms with E-state index in [0.29, 0.717) is 22.7 Å². The molecule has 21 heavy (non-hydrogen) atoms. The van der Waals surface area contributed by atoms with E-state index in [1.807, 2.05) is 19.9 Å². The van der Waals surface area contributed by atoms with Gasteiger partial charge in [0.1, 0.15) is 11.8 Å². The van der Waals surface area contributed by atoms with Crippen molar-refractivity contribution in [3.63, 3.8) is 0 Å². The van der Waals surface area contributed by atoms with E-state index in [2.05, 4.69) is 25.8 Å². The Morgan fingerprint density at radius 2 is 2.00 bits per heavy atom. The van der Waals surface area contributed by atoms with Gasteiger partial charge in [-0.2, -0.15) is 5.26 Å². The molecule has 0 unspecified atom stereocenters. The zero-order valence-corrected chi connectivity index (χ0v) is 12.0. The number of hydrogen-bond donors (Lipinski definition) is 1. The molecule has 0 bridgehead atoms. The van der Waals surface area contributed by atoms with Crippen LogP contribution in [0.3, 0.4) is 0 Å². The molecule has 1 N–H and O–H groups in total. The Morgan fingerprint density at radius 3 is 2.57 bits per heavy atom. The number of aromatic amines is 1. The molecule has 0 spiro atoms. The minimum atomic E-state index is -0.462. The van der Waals surface area contributed by atoms with Crippen LogP contribution >= 0.6 is 0 Å². The zero-order valence-electron chi connectivity index (χ0n) is 12.0. The first-order valence-corrected chi connectivity index (χ1v) is 6.24. The quantitative estimate of drug-likeness (QED) is 0.688. The summed E-state index contributed by atoms with van der Waals surface area (Å²) in [5, 5.41) is 9.28. The fourth-order valence-electron chi connectivity index (χ4n) is 1.88. The van der Waals surface area contributed by atoms with Crippen LogP contribution in [0.1, 0.15) is 33.3 Å². The van der Waals surface area contributed by atoms with Crippen molar-refractivity contribution in [2.24, 2.45) is 0 Å². The molecule has 0 saturated heterocycles. The summed E-state index contributed by atoms with van der Waals surface area (Å²) in [4.78, 5) is 22.7. The van der Waals surface area contributed by atoms with Crippen LogP contribution in [0, 0.1) is 25.2 Å². The van der Waals surface area contributed by atoms with Gasteiger partial charge in [0.05, 0.1) is 12.7 Å². The molecule has 2 heterocycles. The smallest absolute Gasteiger partial charge is 0.354 e. The number of carbonyl (C=O) groups is 1. The summed E-state index contributed by atoms with van der Waals surface area (Å²) < 4.78 is 4.62. The highest BCUT2D eigenvalue weighted by atomic mass is 16.5. The van der Waals surface area contributed by atoms with Crippen LogP contribution < -0.4 is 0 Å². The number of rotatable bonds is 3. The highest BCUT2D eigenvalue weighted by molar-refractivity contribution is 5.91. The number of H-pyrrole nitrogens is 1. The van der Waals surface area contributed by atoms with Crippen LogP contribution in [-0.4, -0.2) is 28.0 Å². The number of aryl methyl sites for hydroxylation is 2. The second-order valence-electron chi connectivity index (χ2n) is 4.48. The molecule has 0 aliphatic carbocycles.